The van der Waals surface area contributed by atoms with Crippen molar-refractivity contribution in [2.24, 2.45) is 0 Å². The maximum Gasteiger partial charge on any atom is 0.253 e. The number of anilines is 1. The van der Waals surface area contributed by atoms with Crippen LogP contribution in [0, 0.1) is 6.92 Å². The number of para-hydroxylation sites is 1. The van der Waals surface area contributed by atoms with Crippen molar-refractivity contribution in [3.8, 4) is 0 Å². The van der Waals surface area contributed by atoms with Gasteiger partial charge in [0.15, 0.2) is 5.65 Å². The van der Waals surface area contributed by atoms with Gasteiger partial charge in [-0.1, -0.05) is 18.2 Å². The molecule has 26 heavy (non-hydrogen) atoms. The SMILES string of the molecule is Cc1[nH]nc2ncc(C(=O)N[C@@H]3C[C@@H](C)N(c4ccccc4)C3=O)cc12. The minimum absolute atomic E-state index is 0.0203. The number of aromatic nitrogens is 3. The van der Waals surface area contributed by atoms with E-state index in [1.807, 2.05) is 44.2 Å². The van der Waals surface area contributed by atoms with Crippen LogP contribution in [0.4, 0.5) is 5.69 Å². The van der Waals surface area contributed by atoms with E-state index in [4.69, 9.17) is 0 Å². The first-order valence-electron chi connectivity index (χ1n) is 8.54. The first-order chi connectivity index (χ1) is 12.5. The molecule has 3 heterocycles. The average Bonchev–Trinajstić information content (AvgIpc) is 3.15. The minimum Gasteiger partial charge on any atom is -0.340 e. The van der Waals surface area contributed by atoms with Gasteiger partial charge in [0.1, 0.15) is 6.04 Å². The van der Waals surface area contributed by atoms with Crippen LogP contribution in [0.1, 0.15) is 29.4 Å². The Hall–Kier alpha value is -3.22. The van der Waals surface area contributed by atoms with Crippen LogP contribution < -0.4 is 10.2 Å². The number of H-pyrrole nitrogens is 1. The molecule has 0 aliphatic carbocycles. The third kappa shape index (κ3) is 2.71. The molecule has 1 fully saturated rings. The van der Waals surface area contributed by atoms with Crippen molar-refractivity contribution in [3.63, 3.8) is 0 Å². The quantitative estimate of drug-likeness (QED) is 0.758. The molecule has 2 aromatic heterocycles. The maximum absolute atomic E-state index is 12.8. The van der Waals surface area contributed by atoms with Crippen LogP contribution in [0.2, 0.25) is 0 Å². The van der Waals surface area contributed by atoms with Gasteiger partial charge >= 0.3 is 0 Å². The summed E-state index contributed by atoms with van der Waals surface area (Å²) in [5.41, 5.74) is 2.68. The number of aryl methyl sites for hydroxylation is 1. The summed E-state index contributed by atoms with van der Waals surface area (Å²) in [5, 5.41) is 10.6. The zero-order chi connectivity index (χ0) is 18.3. The first-order valence-corrected chi connectivity index (χ1v) is 8.54. The molecule has 4 rings (SSSR count). The number of carbonyl (C=O) groups is 2. The number of benzene rings is 1. The normalized spacial score (nSPS) is 19.9. The predicted molar refractivity (Wildman–Crippen MR) is 97.9 cm³/mol. The van der Waals surface area contributed by atoms with Crippen LogP contribution >= 0.6 is 0 Å². The number of carbonyl (C=O) groups excluding carboxylic acids is 2. The molecular formula is C19H19N5O2. The Kier molecular flexibility index (Phi) is 3.91. The molecule has 3 aromatic rings. The highest BCUT2D eigenvalue weighted by molar-refractivity contribution is 6.05. The number of nitrogens with one attached hydrogen (secondary N) is 2. The molecule has 1 aliphatic heterocycles. The Morgan fingerprint density at radius 3 is 2.85 bits per heavy atom. The van der Waals surface area contributed by atoms with Crippen LogP contribution in [-0.2, 0) is 4.79 Å². The molecule has 0 unspecified atom stereocenters. The number of hydrogen-bond donors (Lipinski definition) is 2. The lowest BCUT2D eigenvalue weighted by Crippen LogP contribution is -2.42. The van der Waals surface area contributed by atoms with Gasteiger partial charge in [0.05, 0.1) is 5.56 Å². The number of hydrogen-bond acceptors (Lipinski definition) is 4. The van der Waals surface area contributed by atoms with Crippen LogP contribution in [0.15, 0.2) is 42.6 Å². The van der Waals surface area contributed by atoms with E-state index in [0.29, 0.717) is 17.6 Å². The van der Waals surface area contributed by atoms with Gasteiger partial charge in [-0.05, 0) is 38.5 Å². The molecular weight excluding hydrogens is 330 g/mol. The fourth-order valence-corrected chi connectivity index (χ4v) is 3.41. The fourth-order valence-electron chi connectivity index (χ4n) is 3.41. The molecule has 7 nitrogen and oxygen atoms in total. The van der Waals surface area contributed by atoms with Gasteiger partial charge in [-0.2, -0.15) is 5.10 Å². The third-order valence-corrected chi connectivity index (χ3v) is 4.76. The van der Waals surface area contributed by atoms with Crippen LogP contribution in [0.5, 0.6) is 0 Å². The van der Waals surface area contributed by atoms with Crippen molar-refractivity contribution >= 4 is 28.5 Å². The van der Waals surface area contributed by atoms with Gasteiger partial charge in [0.25, 0.3) is 5.91 Å². The largest absolute Gasteiger partial charge is 0.340 e. The summed E-state index contributed by atoms with van der Waals surface area (Å²) >= 11 is 0. The number of rotatable bonds is 3. The number of nitrogens with zero attached hydrogens (tertiary/aromatic N) is 3. The Bertz CT molecular complexity index is 982. The zero-order valence-corrected chi connectivity index (χ0v) is 14.6. The Labute approximate surface area is 150 Å². The Morgan fingerprint density at radius 2 is 2.08 bits per heavy atom. The molecule has 2 amide bonds. The lowest BCUT2D eigenvalue weighted by Gasteiger charge is -2.21. The standard InChI is InChI=1S/C19H19N5O2/c1-11-8-16(19(26)24(11)14-6-4-3-5-7-14)21-18(25)13-9-15-12(2)22-23-17(15)20-10-13/h3-7,9-11,16H,8H2,1-2H3,(H,21,25)(H,20,22,23)/t11-,16-/m1/s1. The van der Waals surface area contributed by atoms with E-state index in [1.54, 1.807) is 11.0 Å². The Balaban J connectivity index is 1.54. The molecule has 2 atom stereocenters. The molecule has 1 aliphatic rings. The number of amides is 2. The summed E-state index contributed by atoms with van der Waals surface area (Å²) in [6.07, 6.45) is 2.05. The van der Waals surface area contributed by atoms with Crippen molar-refractivity contribution in [3.05, 3.63) is 53.9 Å². The van der Waals surface area contributed by atoms with Crippen molar-refractivity contribution in [1.82, 2.24) is 20.5 Å². The summed E-state index contributed by atoms with van der Waals surface area (Å²) in [6.45, 7) is 3.86. The summed E-state index contributed by atoms with van der Waals surface area (Å²) in [5.74, 6) is -0.397. The maximum atomic E-state index is 12.8. The highest BCUT2D eigenvalue weighted by atomic mass is 16.2. The summed E-state index contributed by atoms with van der Waals surface area (Å²) in [4.78, 5) is 31.3. The topological polar surface area (TPSA) is 91.0 Å². The first kappa shape index (κ1) is 16.3. The molecule has 132 valence electrons. The van der Waals surface area contributed by atoms with E-state index >= 15 is 0 Å². The second kappa shape index (κ2) is 6.25. The lowest BCUT2D eigenvalue weighted by atomic mass is 10.1. The predicted octanol–water partition coefficient (Wildman–Crippen LogP) is 2.19. The van der Waals surface area contributed by atoms with Crippen LogP contribution in [-0.4, -0.2) is 39.1 Å². The van der Waals surface area contributed by atoms with Gasteiger partial charge in [-0.3, -0.25) is 14.7 Å². The van der Waals surface area contributed by atoms with Crippen LogP contribution in [0.25, 0.3) is 11.0 Å². The molecule has 0 bridgehead atoms. The van der Waals surface area contributed by atoms with E-state index < -0.39 is 6.04 Å². The van der Waals surface area contributed by atoms with Crippen LogP contribution in [0.3, 0.4) is 0 Å². The van der Waals surface area contributed by atoms with Gasteiger partial charge in [-0.25, -0.2) is 4.98 Å². The molecule has 7 heteroatoms. The number of aromatic amines is 1. The fraction of sp³-hybridized carbons (Fsp3) is 0.263. The summed E-state index contributed by atoms with van der Waals surface area (Å²) in [6, 6.07) is 10.7. The lowest BCUT2D eigenvalue weighted by molar-refractivity contribution is -0.118. The van der Waals surface area contributed by atoms with E-state index in [2.05, 4.69) is 20.5 Å². The van der Waals surface area contributed by atoms with Gasteiger partial charge < -0.3 is 10.2 Å². The van der Waals surface area contributed by atoms with Gasteiger partial charge in [-0.15, -0.1) is 0 Å². The smallest absolute Gasteiger partial charge is 0.253 e. The van der Waals surface area contributed by atoms with E-state index in [1.165, 1.54) is 6.20 Å². The third-order valence-electron chi connectivity index (χ3n) is 4.76. The van der Waals surface area contributed by atoms with Gasteiger partial charge in [0.2, 0.25) is 5.91 Å². The molecule has 0 spiro atoms. The van der Waals surface area contributed by atoms with Crippen molar-refractivity contribution in [2.75, 3.05) is 4.90 Å². The average molecular weight is 349 g/mol. The molecule has 1 saturated heterocycles. The zero-order valence-electron chi connectivity index (χ0n) is 14.6. The second-order valence-corrected chi connectivity index (χ2v) is 6.60. The molecule has 0 saturated carbocycles. The summed E-state index contributed by atoms with van der Waals surface area (Å²) < 4.78 is 0. The molecule has 0 radical (unpaired) electrons. The highest BCUT2D eigenvalue weighted by Gasteiger charge is 2.38. The van der Waals surface area contributed by atoms with Crippen molar-refractivity contribution in [1.29, 1.82) is 0 Å². The summed E-state index contributed by atoms with van der Waals surface area (Å²) in [7, 11) is 0. The number of fused-ring (bicyclic) bond motifs is 1. The van der Waals surface area contributed by atoms with Crippen molar-refractivity contribution in [2.45, 2.75) is 32.4 Å². The minimum atomic E-state index is -0.543. The molecule has 1 aromatic carbocycles. The monoisotopic (exact) mass is 349 g/mol. The molecule has 2 N–H and O–H groups in total. The second-order valence-electron chi connectivity index (χ2n) is 6.60. The van der Waals surface area contributed by atoms with Gasteiger partial charge in [0, 0.05) is 29.0 Å². The highest BCUT2D eigenvalue weighted by Crippen LogP contribution is 2.26. The van der Waals surface area contributed by atoms with Crippen molar-refractivity contribution < 1.29 is 9.59 Å². The number of pyridine rings is 1. The van der Waals surface area contributed by atoms with E-state index in [0.717, 1.165) is 16.8 Å². The van der Waals surface area contributed by atoms with E-state index in [-0.39, 0.29) is 17.9 Å². The Morgan fingerprint density at radius 1 is 1.31 bits per heavy atom. The van der Waals surface area contributed by atoms with E-state index in [9.17, 15) is 9.59 Å².